The van der Waals surface area contributed by atoms with Gasteiger partial charge < -0.3 is 0 Å². The van der Waals surface area contributed by atoms with Crippen molar-refractivity contribution < 1.29 is 0 Å². The van der Waals surface area contributed by atoms with Crippen molar-refractivity contribution in [1.29, 1.82) is 0 Å². The van der Waals surface area contributed by atoms with Gasteiger partial charge in [-0.05, 0) is 53.7 Å². The van der Waals surface area contributed by atoms with Crippen molar-refractivity contribution in [3.8, 4) is 0 Å². The van der Waals surface area contributed by atoms with E-state index in [0.29, 0.717) is 0 Å². The van der Waals surface area contributed by atoms with Gasteiger partial charge in [-0.25, -0.2) is 0 Å². The highest BCUT2D eigenvalue weighted by Gasteiger charge is 2.20. The molecule has 0 spiro atoms. The minimum absolute atomic E-state index is 0.260. The van der Waals surface area contributed by atoms with Crippen LogP contribution in [0.15, 0.2) is 18.2 Å². The molecule has 0 heteroatoms. The van der Waals surface area contributed by atoms with Gasteiger partial charge in [-0.1, -0.05) is 84.4 Å². The number of rotatable bonds is 4. The van der Waals surface area contributed by atoms with Crippen molar-refractivity contribution in [1.82, 2.24) is 0 Å². The molecular formula is C22H36. The lowest BCUT2D eigenvalue weighted by atomic mass is 9.82. The van der Waals surface area contributed by atoms with Crippen LogP contribution in [0.25, 0.3) is 0 Å². The van der Waals surface area contributed by atoms with E-state index < -0.39 is 0 Å². The number of benzene rings is 1. The molecule has 1 aliphatic carbocycles. The zero-order valence-electron chi connectivity index (χ0n) is 15.5. The first-order valence-electron chi connectivity index (χ1n) is 9.50. The molecule has 1 aromatic carbocycles. The van der Waals surface area contributed by atoms with Crippen molar-refractivity contribution in [3.05, 3.63) is 34.9 Å². The second-order valence-electron chi connectivity index (χ2n) is 8.63. The summed E-state index contributed by atoms with van der Waals surface area (Å²) in [6.45, 7) is 11.6. The maximum absolute atomic E-state index is 2.49. The van der Waals surface area contributed by atoms with Gasteiger partial charge in [0.15, 0.2) is 0 Å². The highest BCUT2D eigenvalue weighted by molar-refractivity contribution is 5.36. The predicted molar refractivity (Wildman–Crippen MR) is 98.6 cm³/mol. The molecule has 2 atom stereocenters. The van der Waals surface area contributed by atoms with Gasteiger partial charge in [-0.2, -0.15) is 0 Å². The maximum Gasteiger partial charge on any atom is -0.0129 e. The minimum Gasteiger partial charge on any atom is -0.0654 e. The molecule has 1 aromatic rings. The Labute approximate surface area is 138 Å². The van der Waals surface area contributed by atoms with Gasteiger partial charge in [0.1, 0.15) is 0 Å². The summed E-state index contributed by atoms with van der Waals surface area (Å²) in [6.07, 6.45) is 11.4. The lowest BCUT2D eigenvalue weighted by Gasteiger charge is -2.23. The van der Waals surface area contributed by atoms with Crippen LogP contribution in [-0.2, 0) is 11.8 Å². The van der Waals surface area contributed by atoms with Crippen LogP contribution in [-0.4, -0.2) is 0 Å². The molecule has 1 fully saturated rings. The minimum atomic E-state index is 0.260. The summed E-state index contributed by atoms with van der Waals surface area (Å²) in [7, 11) is 0. The molecule has 22 heavy (non-hydrogen) atoms. The first-order valence-corrected chi connectivity index (χ1v) is 9.50. The Morgan fingerprint density at radius 1 is 1.00 bits per heavy atom. The van der Waals surface area contributed by atoms with E-state index in [1.165, 1.54) is 62.5 Å². The molecule has 0 amide bonds. The first kappa shape index (κ1) is 17.6. The van der Waals surface area contributed by atoms with E-state index in [4.69, 9.17) is 0 Å². The van der Waals surface area contributed by atoms with E-state index in [1.807, 2.05) is 0 Å². The molecule has 0 heterocycles. The summed E-state index contributed by atoms with van der Waals surface area (Å²) in [5.74, 6) is 1.93. The summed E-state index contributed by atoms with van der Waals surface area (Å²) in [5, 5.41) is 0. The van der Waals surface area contributed by atoms with Crippen LogP contribution in [0.2, 0.25) is 0 Å². The Kier molecular flexibility index (Phi) is 6.12. The molecule has 0 N–H and O–H groups in total. The van der Waals surface area contributed by atoms with Gasteiger partial charge in [0.05, 0.1) is 0 Å². The molecule has 0 aromatic heterocycles. The molecule has 2 unspecified atom stereocenters. The smallest absolute Gasteiger partial charge is 0.0129 e. The summed E-state index contributed by atoms with van der Waals surface area (Å²) >= 11 is 0. The van der Waals surface area contributed by atoms with Crippen LogP contribution in [0, 0.1) is 18.8 Å². The Morgan fingerprint density at radius 3 is 2.36 bits per heavy atom. The summed E-state index contributed by atoms with van der Waals surface area (Å²) in [5.41, 5.74) is 4.80. The molecule has 124 valence electrons. The van der Waals surface area contributed by atoms with Gasteiger partial charge in [-0.3, -0.25) is 0 Å². The fourth-order valence-electron chi connectivity index (χ4n) is 4.29. The second kappa shape index (κ2) is 7.66. The number of hydrogen-bond donors (Lipinski definition) is 0. The van der Waals surface area contributed by atoms with Crippen LogP contribution in [0.4, 0.5) is 0 Å². The molecule has 1 saturated carbocycles. The quantitative estimate of drug-likeness (QED) is 0.534. The Morgan fingerprint density at radius 2 is 1.68 bits per heavy atom. The highest BCUT2D eigenvalue weighted by Crippen LogP contribution is 2.33. The number of aryl methyl sites for hydroxylation is 1. The van der Waals surface area contributed by atoms with Crippen molar-refractivity contribution in [2.24, 2.45) is 11.8 Å². The average molecular weight is 301 g/mol. The summed E-state index contributed by atoms with van der Waals surface area (Å²) < 4.78 is 0. The van der Waals surface area contributed by atoms with Crippen LogP contribution in [0.5, 0.6) is 0 Å². The molecule has 2 rings (SSSR count). The predicted octanol–water partition coefficient (Wildman–Crippen LogP) is 6.83. The third-order valence-corrected chi connectivity index (χ3v) is 5.54. The Balaban J connectivity index is 2.02. The summed E-state index contributed by atoms with van der Waals surface area (Å²) in [4.78, 5) is 0. The van der Waals surface area contributed by atoms with Gasteiger partial charge in [0.25, 0.3) is 0 Å². The lowest BCUT2D eigenvalue weighted by Crippen LogP contribution is -2.14. The van der Waals surface area contributed by atoms with Crippen LogP contribution < -0.4 is 0 Å². The largest absolute Gasteiger partial charge is 0.0654 e. The molecule has 0 aliphatic heterocycles. The zero-order valence-corrected chi connectivity index (χ0v) is 15.5. The topological polar surface area (TPSA) is 0 Å². The second-order valence-corrected chi connectivity index (χ2v) is 8.63. The normalized spacial score (nSPS) is 23.3. The van der Waals surface area contributed by atoms with E-state index in [9.17, 15) is 0 Å². The van der Waals surface area contributed by atoms with Crippen molar-refractivity contribution in [3.63, 3.8) is 0 Å². The van der Waals surface area contributed by atoms with E-state index in [2.05, 4.69) is 52.8 Å². The van der Waals surface area contributed by atoms with Crippen molar-refractivity contribution in [2.75, 3.05) is 0 Å². The Hall–Kier alpha value is -0.780. The van der Waals surface area contributed by atoms with Gasteiger partial charge in [0.2, 0.25) is 0 Å². The zero-order chi connectivity index (χ0) is 16.2. The van der Waals surface area contributed by atoms with Crippen molar-refractivity contribution >= 4 is 0 Å². The monoisotopic (exact) mass is 300 g/mol. The first-order chi connectivity index (χ1) is 10.4. The molecule has 0 nitrogen and oxygen atoms in total. The van der Waals surface area contributed by atoms with E-state index >= 15 is 0 Å². The van der Waals surface area contributed by atoms with E-state index in [-0.39, 0.29) is 5.41 Å². The highest BCUT2D eigenvalue weighted by atomic mass is 14.3. The Bertz CT molecular complexity index is 463. The molecule has 0 radical (unpaired) electrons. The third-order valence-electron chi connectivity index (χ3n) is 5.54. The van der Waals surface area contributed by atoms with Crippen LogP contribution in [0.1, 0.15) is 89.3 Å². The standard InChI is InChI=1S/C22H36/c1-6-8-18-9-7-10-19(14-13-18)15-20-12-11-17(2)21(16-20)22(3,4)5/h11-12,16,18-19H,6-10,13-15H2,1-5H3. The molecule has 0 bridgehead atoms. The van der Waals surface area contributed by atoms with Crippen molar-refractivity contribution in [2.45, 2.75) is 91.4 Å². The van der Waals surface area contributed by atoms with Gasteiger partial charge in [-0.15, -0.1) is 0 Å². The van der Waals surface area contributed by atoms with Gasteiger partial charge in [0, 0.05) is 0 Å². The maximum atomic E-state index is 2.49. The van der Waals surface area contributed by atoms with Crippen LogP contribution >= 0.6 is 0 Å². The van der Waals surface area contributed by atoms with Crippen LogP contribution in [0.3, 0.4) is 0 Å². The molecular weight excluding hydrogens is 264 g/mol. The molecule has 0 saturated heterocycles. The molecule has 1 aliphatic rings. The fraction of sp³-hybridized carbons (Fsp3) is 0.727. The fourth-order valence-corrected chi connectivity index (χ4v) is 4.29. The third kappa shape index (κ3) is 4.86. The van der Waals surface area contributed by atoms with Gasteiger partial charge >= 0.3 is 0 Å². The number of hydrogen-bond acceptors (Lipinski definition) is 0. The SMILES string of the molecule is CCCC1CCCC(Cc2ccc(C)c(C(C)(C)C)c2)CC1. The van der Waals surface area contributed by atoms with E-state index in [1.54, 1.807) is 5.56 Å². The van der Waals surface area contributed by atoms with E-state index in [0.717, 1.165) is 11.8 Å². The average Bonchev–Trinajstić information content (AvgIpc) is 2.66. The lowest BCUT2D eigenvalue weighted by molar-refractivity contribution is 0.406. The summed E-state index contributed by atoms with van der Waals surface area (Å²) in [6, 6.07) is 7.20.